The predicted molar refractivity (Wildman–Crippen MR) is 62.2 cm³/mol. The van der Waals surface area contributed by atoms with Crippen LogP contribution in [-0.4, -0.2) is 19.9 Å². The van der Waals surface area contributed by atoms with Crippen molar-refractivity contribution in [3.63, 3.8) is 0 Å². The van der Waals surface area contributed by atoms with E-state index in [4.69, 9.17) is 11.6 Å². The van der Waals surface area contributed by atoms with Gasteiger partial charge >= 0.3 is 0 Å². The summed E-state index contributed by atoms with van der Waals surface area (Å²) in [7, 11) is 0. The highest BCUT2D eigenvalue weighted by molar-refractivity contribution is 6.29. The molecule has 0 amide bonds. The van der Waals surface area contributed by atoms with E-state index in [1.807, 2.05) is 13.8 Å². The molecule has 0 aliphatic heterocycles. The molecule has 0 bridgehead atoms. The van der Waals surface area contributed by atoms with Crippen LogP contribution in [0.4, 0.5) is 0 Å². The monoisotopic (exact) mass is 234 g/mol. The zero-order valence-electron chi connectivity index (χ0n) is 9.11. The second-order valence-corrected chi connectivity index (χ2v) is 3.83. The van der Waals surface area contributed by atoms with E-state index in [1.165, 1.54) is 0 Å². The van der Waals surface area contributed by atoms with Crippen molar-refractivity contribution in [3.8, 4) is 11.6 Å². The van der Waals surface area contributed by atoms with Crippen molar-refractivity contribution in [2.45, 2.75) is 20.3 Å². The standard InChI is InChI=1S/C11H11ClN4/c1-3-8-4-9(12)16-11(15-8)10-13-5-7(2)6-14-10/h4-6H,3H2,1-2H3. The predicted octanol–water partition coefficient (Wildman–Crippen LogP) is 2.46. The van der Waals surface area contributed by atoms with E-state index in [0.29, 0.717) is 16.8 Å². The SMILES string of the molecule is CCc1cc(Cl)nc(-c2ncc(C)cn2)n1. The number of rotatable bonds is 2. The van der Waals surface area contributed by atoms with Gasteiger partial charge in [-0.25, -0.2) is 19.9 Å². The van der Waals surface area contributed by atoms with Crippen LogP contribution in [0.1, 0.15) is 18.2 Å². The van der Waals surface area contributed by atoms with Crippen molar-refractivity contribution < 1.29 is 0 Å². The Labute approximate surface area is 98.8 Å². The van der Waals surface area contributed by atoms with E-state index in [1.54, 1.807) is 18.5 Å². The minimum atomic E-state index is 0.422. The van der Waals surface area contributed by atoms with Crippen molar-refractivity contribution in [1.29, 1.82) is 0 Å². The van der Waals surface area contributed by atoms with Crippen LogP contribution in [0.15, 0.2) is 18.5 Å². The molecule has 0 unspecified atom stereocenters. The minimum Gasteiger partial charge on any atom is -0.234 e. The van der Waals surface area contributed by atoms with Gasteiger partial charge in [-0.2, -0.15) is 0 Å². The zero-order valence-corrected chi connectivity index (χ0v) is 9.86. The van der Waals surface area contributed by atoms with Gasteiger partial charge in [-0.05, 0) is 25.0 Å². The molecule has 2 aromatic heterocycles. The van der Waals surface area contributed by atoms with Crippen molar-refractivity contribution in [1.82, 2.24) is 19.9 Å². The van der Waals surface area contributed by atoms with Crippen LogP contribution in [-0.2, 0) is 6.42 Å². The Balaban J connectivity index is 2.47. The van der Waals surface area contributed by atoms with E-state index >= 15 is 0 Å². The molecule has 82 valence electrons. The summed E-state index contributed by atoms with van der Waals surface area (Å²) in [5.41, 5.74) is 1.89. The number of aryl methyl sites for hydroxylation is 2. The van der Waals surface area contributed by atoms with Crippen LogP contribution in [0.5, 0.6) is 0 Å². The Morgan fingerprint density at radius 3 is 2.44 bits per heavy atom. The third-order valence-corrected chi connectivity index (χ3v) is 2.28. The summed E-state index contributed by atoms with van der Waals surface area (Å²) in [6, 6.07) is 1.75. The number of hydrogen-bond donors (Lipinski definition) is 0. The third-order valence-electron chi connectivity index (χ3n) is 2.09. The van der Waals surface area contributed by atoms with Crippen LogP contribution >= 0.6 is 11.6 Å². The van der Waals surface area contributed by atoms with Gasteiger partial charge < -0.3 is 0 Å². The zero-order chi connectivity index (χ0) is 11.5. The lowest BCUT2D eigenvalue weighted by atomic mass is 10.3. The molecule has 2 aromatic rings. The Kier molecular flexibility index (Phi) is 3.10. The molecule has 0 aliphatic carbocycles. The maximum atomic E-state index is 5.90. The second-order valence-electron chi connectivity index (χ2n) is 3.44. The maximum absolute atomic E-state index is 5.90. The molecule has 4 nitrogen and oxygen atoms in total. The fourth-order valence-corrected chi connectivity index (χ4v) is 1.46. The van der Waals surface area contributed by atoms with E-state index in [-0.39, 0.29) is 0 Å². The van der Waals surface area contributed by atoms with Crippen LogP contribution in [0.3, 0.4) is 0 Å². The molecular formula is C11H11ClN4. The summed E-state index contributed by atoms with van der Waals surface area (Å²) in [5.74, 6) is 0.979. The Hall–Kier alpha value is -1.55. The molecular weight excluding hydrogens is 224 g/mol. The minimum absolute atomic E-state index is 0.422. The van der Waals surface area contributed by atoms with Gasteiger partial charge in [0.05, 0.1) is 0 Å². The lowest BCUT2D eigenvalue weighted by Crippen LogP contribution is -1.98. The number of halogens is 1. The van der Waals surface area contributed by atoms with Gasteiger partial charge in [0.1, 0.15) is 5.15 Å². The molecule has 16 heavy (non-hydrogen) atoms. The molecule has 2 rings (SSSR count). The molecule has 0 saturated heterocycles. The van der Waals surface area contributed by atoms with Gasteiger partial charge in [-0.1, -0.05) is 18.5 Å². The Morgan fingerprint density at radius 1 is 1.12 bits per heavy atom. The fraction of sp³-hybridized carbons (Fsp3) is 0.273. The average molecular weight is 235 g/mol. The van der Waals surface area contributed by atoms with Crippen molar-refractivity contribution in [2.24, 2.45) is 0 Å². The average Bonchev–Trinajstić information content (AvgIpc) is 2.29. The van der Waals surface area contributed by atoms with Gasteiger partial charge in [0.25, 0.3) is 0 Å². The van der Waals surface area contributed by atoms with E-state index in [2.05, 4.69) is 19.9 Å². The summed E-state index contributed by atoms with van der Waals surface area (Å²) >= 11 is 5.90. The Morgan fingerprint density at radius 2 is 1.81 bits per heavy atom. The lowest BCUT2D eigenvalue weighted by molar-refractivity contribution is 0.981. The van der Waals surface area contributed by atoms with Crippen LogP contribution in [0, 0.1) is 6.92 Å². The van der Waals surface area contributed by atoms with Gasteiger partial charge in [0.15, 0.2) is 11.6 Å². The number of hydrogen-bond acceptors (Lipinski definition) is 4. The molecule has 0 aromatic carbocycles. The van der Waals surface area contributed by atoms with Crippen LogP contribution in [0.2, 0.25) is 5.15 Å². The molecule has 2 heterocycles. The summed E-state index contributed by atoms with van der Waals surface area (Å²) < 4.78 is 0. The normalized spacial score (nSPS) is 10.4. The van der Waals surface area contributed by atoms with Crippen molar-refractivity contribution in [3.05, 3.63) is 34.9 Å². The summed E-state index contributed by atoms with van der Waals surface area (Å²) in [4.78, 5) is 16.8. The fourth-order valence-electron chi connectivity index (χ4n) is 1.25. The van der Waals surface area contributed by atoms with Gasteiger partial charge in [-0.15, -0.1) is 0 Å². The van der Waals surface area contributed by atoms with Crippen molar-refractivity contribution in [2.75, 3.05) is 0 Å². The highest BCUT2D eigenvalue weighted by atomic mass is 35.5. The quantitative estimate of drug-likeness (QED) is 0.749. The largest absolute Gasteiger partial charge is 0.234 e. The molecule has 0 fully saturated rings. The summed E-state index contributed by atoms with van der Waals surface area (Å²) in [5, 5.41) is 0.422. The molecule has 0 N–H and O–H groups in total. The highest BCUT2D eigenvalue weighted by Crippen LogP contribution is 2.14. The number of nitrogens with zero attached hydrogens (tertiary/aromatic N) is 4. The molecule has 0 spiro atoms. The van der Waals surface area contributed by atoms with E-state index < -0.39 is 0 Å². The molecule has 0 atom stereocenters. The van der Waals surface area contributed by atoms with Gasteiger partial charge in [-0.3, -0.25) is 0 Å². The summed E-state index contributed by atoms with van der Waals surface area (Å²) in [6.45, 7) is 3.94. The van der Waals surface area contributed by atoms with Gasteiger partial charge in [0.2, 0.25) is 0 Å². The first-order valence-corrected chi connectivity index (χ1v) is 5.39. The smallest absolute Gasteiger partial charge is 0.199 e. The van der Waals surface area contributed by atoms with E-state index in [9.17, 15) is 0 Å². The van der Waals surface area contributed by atoms with Crippen LogP contribution < -0.4 is 0 Å². The topological polar surface area (TPSA) is 51.6 Å². The molecule has 0 saturated carbocycles. The first-order valence-electron chi connectivity index (χ1n) is 5.01. The van der Waals surface area contributed by atoms with Crippen molar-refractivity contribution >= 4 is 11.6 Å². The highest BCUT2D eigenvalue weighted by Gasteiger charge is 2.07. The van der Waals surface area contributed by atoms with Crippen LogP contribution in [0.25, 0.3) is 11.6 Å². The Bertz CT molecular complexity index is 496. The first-order chi connectivity index (χ1) is 7.69. The second kappa shape index (κ2) is 4.53. The third kappa shape index (κ3) is 2.33. The molecule has 0 aliphatic rings. The molecule has 5 heteroatoms. The maximum Gasteiger partial charge on any atom is 0.199 e. The van der Waals surface area contributed by atoms with E-state index in [0.717, 1.165) is 17.7 Å². The number of aromatic nitrogens is 4. The molecule has 0 radical (unpaired) electrons. The first kappa shape index (κ1) is 11.0. The summed E-state index contributed by atoms with van der Waals surface area (Å²) in [6.07, 6.45) is 4.28. The van der Waals surface area contributed by atoms with Gasteiger partial charge in [0, 0.05) is 18.1 Å². The lowest BCUT2D eigenvalue weighted by Gasteiger charge is -2.02.